The van der Waals surface area contributed by atoms with Gasteiger partial charge >= 0.3 is 6.03 Å². The predicted octanol–water partition coefficient (Wildman–Crippen LogP) is 0.916. The van der Waals surface area contributed by atoms with E-state index in [2.05, 4.69) is 5.32 Å². The van der Waals surface area contributed by atoms with Crippen LogP contribution in [0.4, 0.5) is 4.79 Å². The molecule has 0 aliphatic heterocycles. The van der Waals surface area contributed by atoms with Crippen LogP contribution in [-0.4, -0.2) is 25.0 Å². The molecule has 1 rings (SSSR count). The number of nitrogens with zero attached hydrogens (tertiary/aromatic N) is 1. The molecule has 0 bridgehead atoms. The molecule has 15 heavy (non-hydrogen) atoms. The highest BCUT2D eigenvalue weighted by Gasteiger charge is 2.05. The maximum Gasteiger partial charge on any atom is 0.317 e. The summed E-state index contributed by atoms with van der Waals surface area (Å²) in [4.78, 5) is 12.9. The average Bonchev–Trinajstić information content (AvgIpc) is 2.29. The SMILES string of the molecule is CNC(=O)N(C)Cc1ccc(CN)cc1. The molecule has 4 heteroatoms. The molecule has 0 aliphatic carbocycles. The molecule has 0 fully saturated rings. The molecule has 0 atom stereocenters. The number of carbonyl (C=O) groups is 1. The summed E-state index contributed by atoms with van der Waals surface area (Å²) in [5, 5.41) is 2.57. The van der Waals surface area contributed by atoms with Crippen LogP contribution in [0.2, 0.25) is 0 Å². The van der Waals surface area contributed by atoms with Gasteiger partial charge in [0.2, 0.25) is 0 Å². The minimum absolute atomic E-state index is 0.0853. The lowest BCUT2D eigenvalue weighted by Gasteiger charge is -2.16. The number of rotatable bonds is 3. The summed E-state index contributed by atoms with van der Waals surface area (Å²) in [5.41, 5.74) is 7.69. The minimum Gasteiger partial charge on any atom is -0.341 e. The van der Waals surface area contributed by atoms with Crippen LogP contribution in [-0.2, 0) is 13.1 Å². The van der Waals surface area contributed by atoms with Crippen molar-refractivity contribution in [1.29, 1.82) is 0 Å². The van der Waals surface area contributed by atoms with Crippen LogP contribution >= 0.6 is 0 Å². The van der Waals surface area contributed by atoms with Gasteiger partial charge in [-0.2, -0.15) is 0 Å². The second-order valence-corrected chi connectivity index (χ2v) is 3.43. The first kappa shape index (κ1) is 11.5. The van der Waals surface area contributed by atoms with Gasteiger partial charge in [0.1, 0.15) is 0 Å². The van der Waals surface area contributed by atoms with Crippen LogP contribution in [0, 0.1) is 0 Å². The van der Waals surface area contributed by atoms with E-state index < -0.39 is 0 Å². The van der Waals surface area contributed by atoms with Gasteiger partial charge in [-0.1, -0.05) is 24.3 Å². The lowest BCUT2D eigenvalue weighted by Crippen LogP contribution is -2.34. The topological polar surface area (TPSA) is 58.4 Å². The van der Waals surface area contributed by atoms with Gasteiger partial charge in [0.15, 0.2) is 0 Å². The van der Waals surface area contributed by atoms with Crippen molar-refractivity contribution in [3.8, 4) is 0 Å². The fourth-order valence-corrected chi connectivity index (χ4v) is 1.32. The fourth-order valence-electron chi connectivity index (χ4n) is 1.32. The monoisotopic (exact) mass is 207 g/mol. The molecule has 0 saturated carbocycles. The molecule has 3 N–H and O–H groups in total. The third-order valence-corrected chi connectivity index (χ3v) is 2.24. The van der Waals surface area contributed by atoms with E-state index in [1.807, 2.05) is 24.3 Å². The van der Waals surface area contributed by atoms with E-state index in [0.29, 0.717) is 13.1 Å². The molecule has 2 amide bonds. The molecule has 0 aromatic heterocycles. The van der Waals surface area contributed by atoms with Gasteiger partial charge in [0.25, 0.3) is 0 Å². The smallest absolute Gasteiger partial charge is 0.317 e. The first-order chi connectivity index (χ1) is 7.17. The zero-order valence-corrected chi connectivity index (χ0v) is 9.16. The van der Waals surface area contributed by atoms with Crippen molar-refractivity contribution in [2.75, 3.05) is 14.1 Å². The molecule has 4 nitrogen and oxygen atoms in total. The number of nitrogens with one attached hydrogen (secondary N) is 1. The lowest BCUT2D eigenvalue weighted by molar-refractivity contribution is 0.209. The van der Waals surface area contributed by atoms with E-state index in [-0.39, 0.29) is 6.03 Å². The highest BCUT2D eigenvalue weighted by molar-refractivity contribution is 5.73. The number of urea groups is 1. The molecular weight excluding hydrogens is 190 g/mol. The number of amides is 2. The Morgan fingerprint density at radius 3 is 2.33 bits per heavy atom. The predicted molar refractivity (Wildman–Crippen MR) is 60.3 cm³/mol. The van der Waals surface area contributed by atoms with Gasteiger partial charge in [-0.25, -0.2) is 4.79 Å². The van der Waals surface area contributed by atoms with Crippen LogP contribution in [0.1, 0.15) is 11.1 Å². The van der Waals surface area contributed by atoms with Gasteiger partial charge < -0.3 is 16.0 Å². The Kier molecular flexibility index (Phi) is 4.12. The maximum atomic E-state index is 11.2. The van der Waals surface area contributed by atoms with Crippen LogP contribution in [0.15, 0.2) is 24.3 Å². The average molecular weight is 207 g/mol. The Balaban J connectivity index is 2.60. The second kappa shape index (κ2) is 5.36. The van der Waals surface area contributed by atoms with Gasteiger partial charge in [0, 0.05) is 27.2 Å². The zero-order valence-electron chi connectivity index (χ0n) is 9.16. The minimum atomic E-state index is -0.0853. The lowest BCUT2D eigenvalue weighted by atomic mass is 10.1. The molecule has 0 unspecified atom stereocenters. The molecule has 1 aromatic rings. The molecule has 82 valence electrons. The summed E-state index contributed by atoms with van der Waals surface area (Å²) >= 11 is 0. The van der Waals surface area contributed by atoms with Crippen molar-refractivity contribution in [2.24, 2.45) is 5.73 Å². The van der Waals surface area contributed by atoms with E-state index in [4.69, 9.17) is 5.73 Å². The Morgan fingerprint density at radius 2 is 1.87 bits per heavy atom. The summed E-state index contributed by atoms with van der Waals surface area (Å²) in [6, 6.07) is 7.85. The maximum absolute atomic E-state index is 11.2. The Morgan fingerprint density at radius 1 is 1.33 bits per heavy atom. The third-order valence-electron chi connectivity index (χ3n) is 2.24. The van der Waals surface area contributed by atoms with Crippen molar-refractivity contribution >= 4 is 6.03 Å². The summed E-state index contributed by atoms with van der Waals surface area (Å²) in [6.45, 7) is 1.15. The van der Waals surface area contributed by atoms with Crippen LogP contribution in [0.3, 0.4) is 0 Å². The molecular formula is C11H17N3O. The van der Waals surface area contributed by atoms with Crippen molar-refractivity contribution in [3.63, 3.8) is 0 Å². The van der Waals surface area contributed by atoms with Gasteiger partial charge in [-0.05, 0) is 11.1 Å². The van der Waals surface area contributed by atoms with E-state index in [0.717, 1.165) is 11.1 Å². The van der Waals surface area contributed by atoms with E-state index in [1.54, 1.807) is 19.0 Å². The van der Waals surface area contributed by atoms with Crippen LogP contribution in [0.25, 0.3) is 0 Å². The number of benzene rings is 1. The molecule has 0 aliphatic rings. The molecule has 0 spiro atoms. The van der Waals surface area contributed by atoms with Gasteiger partial charge in [-0.15, -0.1) is 0 Å². The van der Waals surface area contributed by atoms with E-state index in [1.165, 1.54) is 0 Å². The summed E-state index contributed by atoms with van der Waals surface area (Å²) in [5.74, 6) is 0. The number of hydrogen-bond acceptors (Lipinski definition) is 2. The highest BCUT2D eigenvalue weighted by Crippen LogP contribution is 2.06. The summed E-state index contributed by atoms with van der Waals surface area (Å²) in [6.07, 6.45) is 0. The number of hydrogen-bond donors (Lipinski definition) is 2. The first-order valence-corrected chi connectivity index (χ1v) is 4.88. The second-order valence-electron chi connectivity index (χ2n) is 3.43. The molecule has 1 aromatic carbocycles. The quantitative estimate of drug-likeness (QED) is 0.774. The Labute approximate surface area is 90.1 Å². The van der Waals surface area contributed by atoms with Crippen molar-refractivity contribution < 1.29 is 4.79 Å². The van der Waals surface area contributed by atoms with Gasteiger partial charge in [-0.3, -0.25) is 0 Å². The molecule has 0 saturated heterocycles. The van der Waals surface area contributed by atoms with E-state index >= 15 is 0 Å². The Bertz CT molecular complexity index is 321. The highest BCUT2D eigenvalue weighted by atomic mass is 16.2. The van der Waals surface area contributed by atoms with Crippen LogP contribution < -0.4 is 11.1 Å². The third kappa shape index (κ3) is 3.25. The van der Waals surface area contributed by atoms with Crippen LogP contribution in [0.5, 0.6) is 0 Å². The largest absolute Gasteiger partial charge is 0.341 e. The summed E-state index contributed by atoms with van der Waals surface area (Å²) in [7, 11) is 3.38. The van der Waals surface area contributed by atoms with E-state index in [9.17, 15) is 4.79 Å². The number of carbonyl (C=O) groups excluding carboxylic acids is 1. The fraction of sp³-hybridized carbons (Fsp3) is 0.364. The van der Waals surface area contributed by atoms with Crippen molar-refractivity contribution in [2.45, 2.75) is 13.1 Å². The van der Waals surface area contributed by atoms with Crippen molar-refractivity contribution in [3.05, 3.63) is 35.4 Å². The summed E-state index contributed by atoms with van der Waals surface area (Å²) < 4.78 is 0. The molecule has 0 heterocycles. The zero-order chi connectivity index (χ0) is 11.3. The normalized spacial score (nSPS) is 9.80. The standard InChI is InChI=1S/C11H17N3O/c1-13-11(15)14(2)8-10-5-3-9(7-12)4-6-10/h3-6H,7-8,12H2,1-2H3,(H,13,15). The number of nitrogens with two attached hydrogens (primary N) is 1. The first-order valence-electron chi connectivity index (χ1n) is 4.88. The van der Waals surface area contributed by atoms with Gasteiger partial charge in [0.05, 0.1) is 0 Å². The van der Waals surface area contributed by atoms with Crippen molar-refractivity contribution in [1.82, 2.24) is 10.2 Å². The molecule has 0 radical (unpaired) electrons. The Hall–Kier alpha value is -1.55.